The summed E-state index contributed by atoms with van der Waals surface area (Å²) in [5, 5.41) is 2.05. The van der Waals surface area contributed by atoms with Gasteiger partial charge in [0, 0.05) is 23.1 Å². The maximum absolute atomic E-state index is 5.70. The van der Waals surface area contributed by atoms with E-state index < -0.39 is 0 Å². The van der Waals surface area contributed by atoms with Gasteiger partial charge in [-0.1, -0.05) is 0 Å². The van der Waals surface area contributed by atoms with E-state index in [4.69, 9.17) is 5.84 Å². The van der Waals surface area contributed by atoms with E-state index in [0.717, 1.165) is 27.5 Å². The number of halogens is 1. The lowest BCUT2D eigenvalue weighted by Crippen LogP contribution is -2.29. The van der Waals surface area contributed by atoms with Gasteiger partial charge in [-0.15, -0.1) is 11.3 Å². The Kier molecular flexibility index (Phi) is 4.07. The summed E-state index contributed by atoms with van der Waals surface area (Å²) in [4.78, 5) is 8.64. The van der Waals surface area contributed by atoms with Gasteiger partial charge in [0.15, 0.2) is 0 Å². The molecule has 0 amide bonds. The molecule has 0 radical (unpaired) electrons. The maximum Gasteiger partial charge on any atom is 0.0809 e. The molecule has 0 saturated heterocycles. The van der Waals surface area contributed by atoms with Crippen molar-refractivity contribution in [2.75, 3.05) is 0 Å². The highest BCUT2D eigenvalue weighted by Gasteiger charge is 2.12. The summed E-state index contributed by atoms with van der Waals surface area (Å²) in [6.07, 6.45) is 6.27. The van der Waals surface area contributed by atoms with Crippen molar-refractivity contribution in [1.82, 2.24) is 15.4 Å². The van der Waals surface area contributed by atoms with Crippen molar-refractivity contribution in [3.05, 3.63) is 57.8 Å². The van der Waals surface area contributed by atoms with Crippen LogP contribution in [0.15, 0.2) is 46.6 Å². The Balaban J connectivity index is 1.88. The molecular formula is C14H13BrN4S. The fourth-order valence-corrected chi connectivity index (χ4v) is 3.33. The highest BCUT2D eigenvalue weighted by molar-refractivity contribution is 9.10. The molecule has 4 nitrogen and oxygen atoms in total. The standard InChI is InChI=1S/C14H13BrN4S/c15-11-3-9(6-17-8-11)4-13(19-16)10-5-14-12(18-7-10)1-2-20-14/h1-3,5-8,13,19H,4,16H2. The molecule has 0 spiro atoms. The lowest BCUT2D eigenvalue weighted by molar-refractivity contribution is 0.550. The lowest BCUT2D eigenvalue weighted by atomic mass is 10.0. The first kappa shape index (κ1) is 13.6. The van der Waals surface area contributed by atoms with E-state index in [0.29, 0.717) is 0 Å². The van der Waals surface area contributed by atoms with Crippen LogP contribution in [0.25, 0.3) is 10.2 Å². The Morgan fingerprint density at radius 1 is 1.30 bits per heavy atom. The van der Waals surface area contributed by atoms with Crippen molar-refractivity contribution in [3.8, 4) is 0 Å². The SMILES string of the molecule is NNC(Cc1cncc(Br)c1)c1cnc2ccsc2c1. The summed E-state index contributed by atoms with van der Waals surface area (Å²) in [5.74, 6) is 5.70. The van der Waals surface area contributed by atoms with Gasteiger partial charge < -0.3 is 0 Å². The molecule has 20 heavy (non-hydrogen) atoms. The number of pyridine rings is 2. The summed E-state index contributed by atoms with van der Waals surface area (Å²) in [6, 6.07) is 6.23. The average molecular weight is 349 g/mol. The highest BCUT2D eigenvalue weighted by Crippen LogP contribution is 2.24. The summed E-state index contributed by atoms with van der Waals surface area (Å²) >= 11 is 5.12. The van der Waals surface area contributed by atoms with Crippen molar-refractivity contribution in [1.29, 1.82) is 0 Å². The molecule has 0 saturated carbocycles. The summed E-state index contributed by atoms with van der Waals surface area (Å²) in [5.41, 5.74) is 6.10. The van der Waals surface area contributed by atoms with E-state index in [9.17, 15) is 0 Å². The Morgan fingerprint density at radius 2 is 2.20 bits per heavy atom. The molecule has 0 bridgehead atoms. The Bertz CT molecular complexity index is 728. The lowest BCUT2D eigenvalue weighted by Gasteiger charge is -2.16. The van der Waals surface area contributed by atoms with Gasteiger partial charge in [0.1, 0.15) is 0 Å². The first-order valence-corrected chi connectivity index (χ1v) is 7.82. The summed E-state index contributed by atoms with van der Waals surface area (Å²) < 4.78 is 2.15. The molecule has 3 aromatic heterocycles. The van der Waals surface area contributed by atoms with Crippen LogP contribution >= 0.6 is 27.3 Å². The molecular weight excluding hydrogens is 336 g/mol. The van der Waals surface area contributed by atoms with Crippen LogP contribution in [-0.4, -0.2) is 9.97 Å². The molecule has 3 heterocycles. The molecule has 3 N–H and O–H groups in total. The van der Waals surface area contributed by atoms with Crippen LogP contribution in [0.5, 0.6) is 0 Å². The predicted molar refractivity (Wildman–Crippen MR) is 85.3 cm³/mol. The highest BCUT2D eigenvalue weighted by atomic mass is 79.9. The van der Waals surface area contributed by atoms with Gasteiger partial charge in [0.25, 0.3) is 0 Å². The third-order valence-electron chi connectivity index (χ3n) is 3.13. The first-order chi connectivity index (χ1) is 9.76. The summed E-state index contributed by atoms with van der Waals surface area (Å²) in [6.45, 7) is 0. The van der Waals surface area contributed by atoms with Crippen LogP contribution in [0.2, 0.25) is 0 Å². The van der Waals surface area contributed by atoms with E-state index in [1.807, 2.05) is 23.8 Å². The fraction of sp³-hybridized carbons (Fsp3) is 0.143. The zero-order valence-electron chi connectivity index (χ0n) is 10.6. The molecule has 3 aromatic rings. The molecule has 1 unspecified atom stereocenters. The summed E-state index contributed by atoms with van der Waals surface area (Å²) in [7, 11) is 0. The van der Waals surface area contributed by atoms with Gasteiger partial charge in [-0.2, -0.15) is 0 Å². The number of aromatic nitrogens is 2. The van der Waals surface area contributed by atoms with Crippen LogP contribution in [0.1, 0.15) is 17.2 Å². The van der Waals surface area contributed by atoms with E-state index in [1.54, 1.807) is 17.5 Å². The van der Waals surface area contributed by atoms with Crippen molar-refractivity contribution in [2.45, 2.75) is 12.5 Å². The molecule has 102 valence electrons. The van der Waals surface area contributed by atoms with Gasteiger partial charge in [-0.3, -0.25) is 21.2 Å². The van der Waals surface area contributed by atoms with Crippen molar-refractivity contribution >= 4 is 37.5 Å². The Labute approximate surface area is 129 Å². The zero-order chi connectivity index (χ0) is 13.9. The minimum atomic E-state index is 0.0186. The first-order valence-electron chi connectivity index (χ1n) is 6.15. The van der Waals surface area contributed by atoms with Gasteiger partial charge in [-0.05, 0) is 57.1 Å². The van der Waals surface area contributed by atoms with Crippen molar-refractivity contribution < 1.29 is 0 Å². The molecule has 1 atom stereocenters. The van der Waals surface area contributed by atoms with Crippen LogP contribution in [0.4, 0.5) is 0 Å². The maximum atomic E-state index is 5.70. The molecule has 0 fully saturated rings. The average Bonchev–Trinajstić information content (AvgIpc) is 2.92. The van der Waals surface area contributed by atoms with E-state index >= 15 is 0 Å². The van der Waals surface area contributed by atoms with Crippen LogP contribution < -0.4 is 11.3 Å². The monoisotopic (exact) mass is 348 g/mol. The number of nitrogens with two attached hydrogens (primary N) is 1. The minimum Gasteiger partial charge on any atom is -0.271 e. The molecule has 0 aliphatic rings. The number of hydrogen-bond donors (Lipinski definition) is 2. The number of hydrazine groups is 1. The molecule has 6 heteroatoms. The smallest absolute Gasteiger partial charge is 0.0809 e. The molecule has 0 aliphatic heterocycles. The fourth-order valence-electron chi connectivity index (χ4n) is 2.13. The van der Waals surface area contributed by atoms with Crippen LogP contribution in [-0.2, 0) is 6.42 Å². The molecule has 3 rings (SSSR count). The number of fused-ring (bicyclic) bond motifs is 1. The second-order valence-electron chi connectivity index (χ2n) is 4.51. The van der Waals surface area contributed by atoms with Crippen molar-refractivity contribution in [2.24, 2.45) is 5.84 Å². The number of rotatable bonds is 4. The Hall–Kier alpha value is -1.34. The molecule has 0 aliphatic carbocycles. The van der Waals surface area contributed by atoms with Crippen LogP contribution in [0.3, 0.4) is 0 Å². The van der Waals surface area contributed by atoms with Gasteiger partial charge in [-0.25, -0.2) is 0 Å². The minimum absolute atomic E-state index is 0.0186. The predicted octanol–water partition coefficient (Wildman–Crippen LogP) is 3.20. The number of hydrogen-bond acceptors (Lipinski definition) is 5. The third kappa shape index (κ3) is 2.88. The topological polar surface area (TPSA) is 63.8 Å². The van der Waals surface area contributed by atoms with E-state index in [2.05, 4.69) is 43.5 Å². The van der Waals surface area contributed by atoms with E-state index in [-0.39, 0.29) is 6.04 Å². The van der Waals surface area contributed by atoms with Crippen LogP contribution in [0, 0.1) is 0 Å². The zero-order valence-corrected chi connectivity index (χ0v) is 13.0. The molecule has 0 aromatic carbocycles. The third-order valence-corrected chi connectivity index (χ3v) is 4.42. The Morgan fingerprint density at radius 3 is 3.00 bits per heavy atom. The quantitative estimate of drug-likeness (QED) is 0.561. The van der Waals surface area contributed by atoms with E-state index in [1.165, 1.54) is 4.70 Å². The number of nitrogens with one attached hydrogen (secondary N) is 1. The van der Waals surface area contributed by atoms with Gasteiger partial charge in [0.2, 0.25) is 0 Å². The second-order valence-corrected chi connectivity index (χ2v) is 6.37. The normalized spacial score (nSPS) is 12.7. The second kappa shape index (κ2) is 5.97. The number of thiophene rings is 1. The largest absolute Gasteiger partial charge is 0.271 e. The van der Waals surface area contributed by atoms with Gasteiger partial charge >= 0.3 is 0 Å². The van der Waals surface area contributed by atoms with Gasteiger partial charge in [0.05, 0.1) is 16.3 Å². The number of nitrogens with zero attached hydrogens (tertiary/aromatic N) is 2. The van der Waals surface area contributed by atoms with Crippen molar-refractivity contribution in [3.63, 3.8) is 0 Å².